The molecule has 0 aliphatic heterocycles. The molecular weight excluding hydrogens is 452 g/mol. The second-order valence-corrected chi connectivity index (χ2v) is 6.45. The van der Waals surface area contributed by atoms with E-state index in [1.807, 2.05) is 88.4 Å². The van der Waals surface area contributed by atoms with Crippen LogP contribution in [0.3, 0.4) is 0 Å². The molecule has 0 radical (unpaired) electrons. The Morgan fingerprint density at radius 2 is 0.758 bits per heavy atom. The molecule has 0 N–H and O–H groups in total. The van der Waals surface area contributed by atoms with Gasteiger partial charge in [0.2, 0.25) is 0 Å². The minimum Gasteiger partial charge on any atom is -0.462 e. The van der Waals surface area contributed by atoms with Crippen molar-refractivity contribution < 1.29 is 41.1 Å². The Morgan fingerprint density at radius 1 is 0.515 bits per heavy atom. The van der Waals surface area contributed by atoms with Gasteiger partial charge < -0.3 is 30.6 Å². The molecule has 0 amide bonds. The SMILES string of the molecule is CCCO[N-]OCCC.CCCO[N-]OCCC.[CH2-]c1ccccc1.[CH2-]c1ccccc1.[Ti+4]. The van der Waals surface area contributed by atoms with E-state index in [1.54, 1.807) is 0 Å². The second-order valence-electron chi connectivity index (χ2n) is 6.45. The molecule has 33 heavy (non-hydrogen) atoms. The topological polar surface area (TPSA) is 65.1 Å². The van der Waals surface area contributed by atoms with Gasteiger partial charge in [0.25, 0.3) is 0 Å². The van der Waals surface area contributed by atoms with Gasteiger partial charge >= 0.3 is 21.7 Å². The van der Waals surface area contributed by atoms with Crippen molar-refractivity contribution in [2.45, 2.75) is 53.4 Å². The van der Waals surface area contributed by atoms with E-state index in [4.69, 9.17) is 0 Å². The van der Waals surface area contributed by atoms with Gasteiger partial charge in [0.1, 0.15) is 0 Å². The van der Waals surface area contributed by atoms with Crippen molar-refractivity contribution in [2.75, 3.05) is 26.4 Å². The van der Waals surface area contributed by atoms with Crippen LogP contribution in [0.5, 0.6) is 0 Å². The largest absolute Gasteiger partial charge is 4.00 e. The smallest absolute Gasteiger partial charge is 0.462 e. The van der Waals surface area contributed by atoms with Crippen LogP contribution in [0.15, 0.2) is 60.7 Å². The van der Waals surface area contributed by atoms with Crippen molar-refractivity contribution in [3.63, 3.8) is 0 Å². The monoisotopic (exact) mass is 494 g/mol. The molecule has 0 aromatic heterocycles. The molecule has 0 aliphatic carbocycles. The fourth-order valence-electron chi connectivity index (χ4n) is 1.54. The van der Waals surface area contributed by atoms with Crippen LogP contribution in [0.25, 0.3) is 11.3 Å². The van der Waals surface area contributed by atoms with E-state index in [2.05, 4.69) is 44.5 Å². The Kier molecular flexibility index (Phi) is 36.0. The number of hydrogen-bond donors (Lipinski definition) is 0. The minimum atomic E-state index is 0. The van der Waals surface area contributed by atoms with Gasteiger partial charge in [0, 0.05) is 26.4 Å². The molecule has 184 valence electrons. The summed E-state index contributed by atoms with van der Waals surface area (Å²) in [5.74, 6) is 0. The molecule has 0 spiro atoms. The summed E-state index contributed by atoms with van der Waals surface area (Å²) in [6.07, 6.45) is 3.88. The fraction of sp³-hybridized carbons (Fsp3) is 0.462. The van der Waals surface area contributed by atoms with Gasteiger partial charge in [0.05, 0.1) is 0 Å². The summed E-state index contributed by atoms with van der Waals surface area (Å²) >= 11 is 0. The first kappa shape index (κ1) is 36.2. The van der Waals surface area contributed by atoms with Crippen LogP contribution >= 0.6 is 0 Å². The van der Waals surface area contributed by atoms with Gasteiger partial charge in [-0.2, -0.15) is 49.2 Å². The molecule has 6 nitrogen and oxygen atoms in total. The number of hydrogen-bond acceptors (Lipinski definition) is 4. The number of rotatable bonds is 12. The summed E-state index contributed by atoms with van der Waals surface area (Å²) in [5, 5.41) is 0. The van der Waals surface area contributed by atoms with E-state index in [-0.39, 0.29) is 21.7 Å². The van der Waals surface area contributed by atoms with Crippen molar-refractivity contribution in [3.05, 3.63) is 96.9 Å². The second kappa shape index (κ2) is 32.8. The van der Waals surface area contributed by atoms with Gasteiger partial charge in [-0.1, -0.05) is 39.8 Å². The van der Waals surface area contributed by atoms with E-state index < -0.39 is 0 Å². The standard InChI is InChI=1S/2C7H7.2C6H14NO2.Ti/c2*1-7-5-3-2-4-6-7;2*1-3-5-8-7-9-6-4-2;/h2*2-6H,1H2;2*3-6H2,1-2H3;/q4*-1;+4. The summed E-state index contributed by atoms with van der Waals surface area (Å²) < 4.78 is 0. The maximum absolute atomic E-state index is 4.69. The number of nitrogens with zero attached hydrogens (tertiary/aromatic N) is 2. The molecule has 2 aromatic rings. The van der Waals surface area contributed by atoms with Crippen LogP contribution in [0.2, 0.25) is 0 Å². The van der Waals surface area contributed by atoms with E-state index in [1.165, 1.54) is 0 Å². The average molecular weight is 494 g/mol. The first-order valence-electron chi connectivity index (χ1n) is 11.2. The minimum absolute atomic E-state index is 0. The van der Waals surface area contributed by atoms with E-state index >= 15 is 0 Å². The summed E-state index contributed by atoms with van der Waals surface area (Å²) in [6.45, 7) is 18.1. The van der Waals surface area contributed by atoms with Crippen molar-refractivity contribution in [2.24, 2.45) is 0 Å². The third kappa shape index (κ3) is 35.4. The maximum atomic E-state index is 4.69. The predicted octanol–water partition coefficient (Wildman–Crippen LogP) is 7.82. The maximum Gasteiger partial charge on any atom is 4.00 e. The van der Waals surface area contributed by atoms with Crippen molar-refractivity contribution >= 4 is 0 Å². The molecule has 0 fully saturated rings. The molecule has 0 atom stereocenters. The van der Waals surface area contributed by atoms with E-state index in [0.29, 0.717) is 26.4 Å². The zero-order chi connectivity index (χ0) is 24.1. The molecule has 7 heteroatoms. The fourth-order valence-corrected chi connectivity index (χ4v) is 1.54. The van der Waals surface area contributed by atoms with Crippen LogP contribution in [0.4, 0.5) is 0 Å². The van der Waals surface area contributed by atoms with Gasteiger partial charge in [-0.05, 0) is 25.7 Å². The van der Waals surface area contributed by atoms with Crippen LogP contribution in [-0.4, -0.2) is 26.4 Å². The van der Waals surface area contributed by atoms with Crippen molar-refractivity contribution in [3.8, 4) is 0 Å². The third-order valence-corrected chi connectivity index (χ3v) is 3.08. The van der Waals surface area contributed by atoms with Crippen LogP contribution in [0.1, 0.15) is 64.5 Å². The molecule has 2 rings (SSSR count). The zero-order valence-corrected chi connectivity index (χ0v) is 22.4. The molecule has 2 aromatic carbocycles. The molecule has 0 heterocycles. The quantitative estimate of drug-likeness (QED) is 0.131. The van der Waals surface area contributed by atoms with Gasteiger partial charge in [0.15, 0.2) is 0 Å². The summed E-state index contributed by atoms with van der Waals surface area (Å²) in [6, 6.07) is 19.7. The summed E-state index contributed by atoms with van der Waals surface area (Å²) in [7, 11) is 0. The Morgan fingerprint density at radius 3 is 0.909 bits per heavy atom. The Labute approximate surface area is 217 Å². The van der Waals surface area contributed by atoms with Gasteiger partial charge in [-0.15, -0.1) is 24.3 Å². The average Bonchev–Trinajstić information content (AvgIpc) is 2.81. The summed E-state index contributed by atoms with van der Waals surface area (Å²) in [5.41, 5.74) is 8.85. The molecular formula is C26H42N2O4Ti. The third-order valence-electron chi connectivity index (χ3n) is 3.08. The summed E-state index contributed by atoms with van der Waals surface area (Å²) in [4.78, 5) is 18.8. The molecule has 0 saturated heterocycles. The van der Waals surface area contributed by atoms with Gasteiger partial charge in [-0.3, -0.25) is 0 Å². The Bertz CT molecular complexity index is 499. The molecule has 0 aliphatic rings. The normalized spacial score (nSPS) is 9.09. The molecule has 0 saturated carbocycles. The zero-order valence-electron chi connectivity index (χ0n) is 20.9. The van der Waals surface area contributed by atoms with E-state index in [0.717, 1.165) is 36.8 Å². The van der Waals surface area contributed by atoms with Gasteiger partial charge in [-0.25, -0.2) is 0 Å². The first-order chi connectivity index (χ1) is 15.6. The Balaban J connectivity index is -0.000000362. The predicted molar refractivity (Wildman–Crippen MR) is 133 cm³/mol. The molecule has 0 bridgehead atoms. The van der Waals surface area contributed by atoms with Crippen LogP contribution < -0.4 is 0 Å². The first-order valence-corrected chi connectivity index (χ1v) is 11.2. The van der Waals surface area contributed by atoms with Crippen molar-refractivity contribution in [1.29, 1.82) is 0 Å². The van der Waals surface area contributed by atoms with Crippen molar-refractivity contribution in [1.82, 2.24) is 0 Å². The van der Waals surface area contributed by atoms with Crippen LogP contribution in [-0.2, 0) is 41.1 Å². The van der Waals surface area contributed by atoms with E-state index in [9.17, 15) is 0 Å². The van der Waals surface area contributed by atoms with Crippen LogP contribution in [0, 0.1) is 13.8 Å². The Hall–Kier alpha value is -1.35. The number of benzene rings is 2. The molecule has 0 unspecified atom stereocenters.